The first-order valence-corrected chi connectivity index (χ1v) is 9.84. The van der Waals surface area contributed by atoms with Crippen molar-refractivity contribution in [2.75, 3.05) is 24.9 Å². The molecule has 1 aromatic rings. The fourth-order valence-corrected chi connectivity index (χ4v) is 2.45. The van der Waals surface area contributed by atoms with Crippen molar-refractivity contribution in [3.8, 4) is 0 Å². The summed E-state index contributed by atoms with van der Waals surface area (Å²) in [6.07, 6.45) is -0.580. The van der Waals surface area contributed by atoms with Crippen LogP contribution in [0.3, 0.4) is 0 Å². The molecule has 0 aliphatic heterocycles. The highest BCUT2D eigenvalue weighted by Crippen LogP contribution is 2.37. The summed E-state index contributed by atoms with van der Waals surface area (Å²) in [6, 6.07) is 3.97. The SMILES string of the molecule is CC(=O)Nc1c(C[S+](C)C)cccc1C(F)(F)F.COS(=O)(=O)[O-]. The van der Waals surface area contributed by atoms with Crippen LogP contribution in [-0.2, 0) is 42.2 Å². The predicted molar refractivity (Wildman–Crippen MR) is 85.4 cm³/mol. The molecule has 0 saturated heterocycles. The Morgan fingerprint density at radius 1 is 1.33 bits per heavy atom. The third kappa shape index (κ3) is 9.11. The van der Waals surface area contributed by atoms with Gasteiger partial charge in [0.05, 0.1) is 30.9 Å². The highest BCUT2D eigenvalue weighted by Gasteiger charge is 2.35. The van der Waals surface area contributed by atoms with Crippen molar-refractivity contribution in [1.82, 2.24) is 0 Å². The Morgan fingerprint density at radius 3 is 2.17 bits per heavy atom. The van der Waals surface area contributed by atoms with Crippen LogP contribution in [0, 0.1) is 0 Å². The molecule has 0 aromatic heterocycles. The standard InChI is InChI=1S/C12H14F3NOS.CH4O4S/c1-8(17)16-11-9(7-18(2)3)5-4-6-10(11)12(13,14)15;1-5-6(2,3)4/h4-6H,7H2,1-3H3;1H3,(H,2,3,4). The second-order valence-corrected chi connectivity index (χ2v) is 8.13. The Balaban J connectivity index is 0.000000754. The fraction of sp³-hybridized carbons (Fsp3) is 0.462. The van der Waals surface area contributed by atoms with Crippen LogP contribution in [0.4, 0.5) is 18.9 Å². The number of benzene rings is 1. The molecule has 24 heavy (non-hydrogen) atoms. The molecular formula is C13H18F3NO5S2. The van der Waals surface area contributed by atoms with Crippen LogP contribution in [-0.4, -0.2) is 38.5 Å². The smallest absolute Gasteiger partial charge is 0.418 e. The van der Waals surface area contributed by atoms with Gasteiger partial charge in [0.25, 0.3) is 0 Å². The van der Waals surface area contributed by atoms with Gasteiger partial charge in [-0.2, -0.15) is 13.2 Å². The third-order valence-corrected chi connectivity index (χ3v) is 3.70. The summed E-state index contributed by atoms with van der Waals surface area (Å²) in [5.41, 5.74) is -0.382. The summed E-state index contributed by atoms with van der Waals surface area (Å²) in [5.74, 6) is 0.0135. The zero-order chi connectivity index (χ0) is 19.1. The van der Waals surface area contributed by atoms with Gasteiger partial charge >= 0.3 is 6.18 Å². The van der Waals surface area contributed by atoms with E-state index in [0.29, 0.717) is 11.3 Å². The number of amides is 1. The minimum atomic E-state index is -4.46. The van der Waals surface area contributed by atoms with Gasteiger partial charge in [-0.05, 0) is 17.0 Å². The number of para-hydroxylation sites is 1. The Hall–Kier alpha value is -1.30. The monoisotopic (exact) mass is 389 g/mol. The van der Waals surface area contributed by atoms with Gasteiger partial charge in [-0.25, -0.2) is 8.42 Å². The van der Waals surface area contributed by atoms with Gasteiger partial charge in [0.15, 0.2) is 0 Å². The molecular weight excluding hydrogens is 371 g/mol. The Morgan fingerprint density at radius 2 is 1.83 bits per heavy atom. The normalized spacial score (nSPS) is 11.7. The molecule has 0 atom stereocenters. The Kier molecular flexibility index (Phi) is 8.75. The van der Waals surface area contributed by atoms with Crippen LogP contribution in [0.2, 0.25) is 0 Å². The third-order valence-electron chi connectivity index (χ3n) is 2.41. The molecule has 1 N–H and O–H groups in total. The maximum absolute atomic E-state index is 12.9. The van der Waals surface area contributed by atoms with E-state index in [1.807, 2.05) is 12.5 Å². The van der Waals surface area contributed by atoms with Crippen LogP contribution in [0.5, 0.6) is 0 Å². The van der Waals surface area contributed by atoms with Gasteiger partial charge in [-0.15, -0.1) is 0 Å². The molecule has 0 aliphatic carbocycles. The first kappa shape index (κ1) is 22.7. The van der Waals surface area contributed by atoms with Crippen molar-refractivity contribution >= 4 is 32.9 Å². The largest absolute Gasteiger partial charge is 0.726 e. The number of hydrogen-bond donors (Lipinski definition) is 1. The highest BCUT2D eigenvalue weighted by atomic mass is 32.3. The van der Waals surface area contributed by atoms with Crippen LogP contribution in [0.15, 0.2) is 18.2 Å². The summed E-state index contributed by atoms with van der Waals surface area (Å²) in [6.45, 7) is 1.20. The molecule has 0 heterocycles. The number of alkyl halides is 3. The molecule has 138 valence electrons. The molecule has 0 unspecified atom stereocenters. The molecule has 0 bridgehead atoms. The van der Waals surface area contributed by atoms with Crippen molar-refractivity contribution in [2.45, 2.75) is 18.9 Å². The summed E-state index contributed by atoms with van der Waals surface area (Å²) in [5, 5.41) is 2.30. The zero-order valence-corrected chi connectivity index (χ0v) is 15.1. The maximum Gasteiger partial charge on any atom is 0.418 e. The number of halogens is 3. The average Bonchev–Trinajstić information content (AvgIpc) is 2.38. The summed E-state index contributed by atoms with van der Waals surface area (Å²) in [4.78, 5) is 11.1. The number of hydrogen-bond acceptors (Lipinski definition) is 5. The van der Waals surface area contributed by atoms with Gasteiger partial charge in [0.1, 0.15) is 5.75 Å². The molecule has 0 saturated carbocycles. The van der Waals surface area contributed by atoms with Crippen molar-refractivity contribution in [3.63, 3.8) is 0 Å². The predicted octanol–water partition coefficient (Wildman–Crippen LogP) is 2.13. The van der Waals surface area contributed by atoms with Crippen molar-refractivity contribution in [2.24, 2.45) is 0 Å². The number of carbonyl (C=O) groups excluding carboxylic acids is 1. The van der Waals surface area contributed by atoms with E-state index in [1.165, 1.54) is 13.0 Å². The zero-order valence-electron chi connectivity index (χ0n) is 13.4. The van der Waals surface area contributed by atoms with Crippen LogP contribution in [0.25, 0.3) is 0 Å². The minimum Gasteiger partial charge on any atom is -0.726 e. The number of rotatable bonds is 4. The molecule has 0 fully saturated rings. The van der Waals surface area contributed by atoms with E-state index >= 15 is 0 Å². The number of nitrogens with one attached hydrogen (secondary N) is 1. The van der Waals surface area contributed by atoms with Crippen molar-refractivity contribution < 1.29 is 35.1 Å². The quantitative estimate of drug-likeness (QED) is 0.484. The van der Waals surface area contributed by atoms with Crippen LogP contribution >= 0.6 is 0 Å². The van der Waals surface area contributed by atoms with Crippen LogP contribution < -0.4 is 5.32 Å². The van der Waals surface area contributed by atoms with E-state index in [0.717, 1.165) is 13.2 Å². The molecule has 0 spiro atoms. The lowest BCUT2D eigenvalue weighted by molar-refractivity contribution is -0.137. The summed E-state index contributed by atoms with van der Waals surface area (Å²) in [7, 11) is -3.65. The lowest BCUT2D eigenvalue weighted by atomic mass is 10.1. The Labute approximate surface area is 141 Å². The Bertz CT molecular complexity index is 660. The topological polar surface area (TPSA) is 95.5 Å². The van der Waals surface area contributed by atoms with E-state index in [1.54, 1.807) is 6.07 Å². The van der Waals surface area contributed by atoms with Gasteiger partial charge in [-0.1, -0.05) is 12.1 Å². The minimum absolute atomic E-state index is 0.0454. The fourth-order valence-electron chi connectivity index (χ4n) is 1.59. The van der Waals surface area contributed by atoms with Crippen molar-refractivity contribution in [3.05, 3.63) is 29.3 Å². The molecule has 11 heteroatoms. The molecule has 1 rings (SSSR count). The molecule has 1 aromatic carbocycles. The molecule has 6 nitrogen and oxygen atoms in total. The number of carbonyl (C=O) groups is 1. The summed E-state index contributed by atoms with van der Waals surface area (Å²) >= 11 is 0. The maximum atomic E-state index is 12.9. The first-order valence-electron chi connectivity index (χ1n) is 6.30. The first-order chi connectivity index (χ1) is 10.8. The summed E-state index contributed by atoms with van der Waals surface area (Å²) < 4.78 is 69.6. The highest BCUT2D eigenvalue weighted by molar-refractivity contribution is 7.94. The average molecular weight is 389 g/mol. The van der Waals surface area contributed by atoms with Gasteiger partial charge in [0, 0.05) is 12.5 Å². The number of anilines is 1. The molecule has 0 aliphatic rings. The van der Waals surface area contributed by atoms with E-state index in [2.05, 4.69) is 9.50 Å². The van der Waals surface area contributed by atoms with E-state index < -0.39 is 28.0 Å². The molecule has 0 radical (unpaired) electrons. The van der Waals surface area contributed by atoms with Gasteiger partial charge in [0.2, 0.25) is 16.3 Å². The van der Waals surface area contributed by atoms with Crippen molar-refractivity contribution in [1.29, 1.82) is 0 Å². The lowest BCUT2D eigenvalue weighted by Gasteiger charge is -2.16. The van der Waals surface area contributed by atoms with Crippen LogP contribution in [0.1, 0.15) is 18.1 Å². The second-order valence-electron chi connectivity index (χ2n) is 4.72. The van der Waals surface area contributed by atoms with Gasteiger partial charge < -0.3 is 9.87 Å². The van der Waals surface area contributed by atoms with Gasteiger partial charge in [-0.3, -0.25) is 8.98 Å². The van der Waals surface area contributed by atoms with E-state index in [-0.39, 0.29) is 16.6 Å². The lowest BCUT2D eigenvalue weighted by Crippen LogP contribution is -2.16. The second kappa shape index (κ2) is 9.25. The van der Waals surface area contributed by atoms with E-state index in [9.17, 15) is 30.9 Å². The van der Waals surface area contributed by atoms with E-state index in [4.69, 9.17) is 0 Å². The molecule has 1 amide bonds.